The van der Waals surface area contributed by atoms with Gasteiger partial charge in [0.1, 0.15) is 5.75 Å². The first-order valence-electron chi connectivity index (χ1n) is 12.0. The summed E-state index contributed by atoms with van der Waals surface area (Å²) in [5.74, 6) is 0.834. The summed E-state index contributed by atoms with van der Waals surface area (Å²) in [4.78, 5) is 10.6. The molecule has 0 radical (unpaired) electrons. The van der Waals surface area contributed by atoms with Crippen LogP contribution in [0.25, 0.3) is 27.9 Å². The highest BCUT2D eigenvalue weighted by atomic mass is 16.6. The Labute approximate surface area is 208 Å². The molecular formula is C30H25N3O3. The minimum atomic E-state index is -0.377. The number of para-hydroxylation sites is 2. The van der Waals surface area contributed by atoms with Crippen molar-refractivity contribution in [3.8, 4) is 5.75 Å². The van der Waals surface area contributed by atoms with E-state index in [9.17, 15) is 10.1 Å². The minimum absolute atomic E-state index is 0.0750. The summed E-state index contributed by atoms with van der Waals surface area (Å²) in [7, 11) is 1.70. The largest absolute Gasteiger partial charge is 0.497 e. The van der Waals surface area contributed by atoms with Crippen molar-refractivity contribution in [3.05, 3.63) is 118 Å². The number of fused-ring (bicyclic) bond motifs is 4. The van der Waals surface area contributed by atoms with E-state index in [2.05, 4.69) is 76.6 Å². The molecule has 0 fully saturated rings. The van der Waals surface area contributed by atoms with E-state index in [1.54, 1.807) is 19.2 Å². The Morgan fingerprint density at radius 3 is 2.25 bits per heavy atom. The number of benzene rings is 4. The number of nitro groups is 1. The second-order valence-electron chi connectivity index (χ2n) is 9.07. The van der Waals surface area contributed by atoms with Crippen LogP contribution in [-0.4, -0.2) is 22.6 Å². The number of nitrogens with zero attached hydrogens (tertiary/aromatic N) is 2. The van der Waals surface area contributed by atoms with Gasteiger partial charge >= 0.3 is 0 Å². The van der Waals surface area contributed by atoms with E-state index in [0.29, 0.717) is 0 Å². The highest BCUT2D eigenvalue weighted by Crippen LogP contribution is 2.42. The molecule has 6 rings (SSSR count). The molecule has 0 aliphatic carbocycles. The second kappa shape index (κ2) is 8.89. The summed E-state index contributed by atoms with van der Waals surface area (Å²) in [5.41, 5.74) is 5.71. The number of nitrogens with one attached hydrogen (secondary N) is 1. The van der Waals surface area contributed by atoms with Gasteiger partial charge in [-0.1, -0.05) is 48.6 Å². The molecule has 2 atom stereocenters. The van der Waals surface area contributed by atoms with Gasteiger partial charge < -0.3 is 14.6 Å². The van der Waals surface area contributed by atoms with Crippen LogP contribution >= 0.6 is 0 Å². The lowest BCUT2D eigenvalue weighted by molar-refractivity contribution is -0.384. The third-order valence-corrected chi connectivity index (χ3v) is 6.99. The molecule has 2 heterocycles. The lowest BCUT2D eigenvalue weighted by atomic mass is 9.91. The van der Waals surface area contributed by atoms with Crippen molar-refractivity contribution >= 4 is 39.3 Å². The highest BCUT2D eigenvalue weighted by Gasteiger charge is 2.29. The normalized spacial score (nSPS) is 17.2. The van der Waals surface area contributed by atoms with E-state index in [-0.39, 0.29) is 22.7 Å². The van der Waals surface area contributed by atoms with Gasteiger partial charge in [-0.25, -0.2) is 0 Å². The standard InChI is InChI=1S/C30H25N3O3/c1-36-23-16-17-27-26(19-23)30(18-21(31-27)13-10-20-11-14-22(15-12-20)33(34)35)32-28-8-4-2-6-24(28)25-7-3-5-9-29(25)32/h2-17,19,21,30-31H,18H2,1H3/b13-10+/t21-,30+/m1/s1. The Morgan fingerprint density at radius 1 is 0.944 bits per heavy atom. The van der Waals surface area contributed by atoms with Crippen molar-refractivity contribution in [1.29, 1.82) is 0 Å². The Balaban J connectivity index is 1.45. The van der Waals surface area contributed by atoms with Gasteiger partial charge in [-0.2, -0.15) is 0 Å². The zero-order valence-electron chi connectivity index (χ0n) is 19.8. The van der Waals surface area contributed by atoms with Crippen molar-refractivity contribution in [2.24, 2.45) is 0 Å². The number of nitro benzene ring substituents is 1. The molecule has 178 valence electrons. The highest BCUT2D eigenvalue weighted by molar-refractivity contribution is 6.08. The fourth-order valence-corrected chi connectivity index (χ4v) is 5.30. The van der Waals surface area contributed by atoms with E-state index < -0.39 is 0 Å². The van der Waals surface area contributed by atoms with Crippen molar-refractivity contribution in [1.82, 2.24) is 4.57 Å². The molecule has 0 bridgehead atoms. The summed E-state index contributed by atoms with van der Waals surface area (Å²) >= 11 is 0. The number of hydrogen-bond acceptors (Lipinski definition) is 4. The molecule has 6 heteroatoms. The number of rotatable bonds is 5. The fourth-order valence-electron chi connectivity index (χ4n) is 5.30. The molecule has 1 aliphatic heterocycles. The van der Waals surface area contributed by atoms with E-state index in [4.69, 9.17) is 4.74 Å². The van der Waals surface area contributed by atoms with Crippen LogP contribution in [0, 0.1) is 10.1 Å². The van der Waals surface area contributed by atoms with Gasteiger partial charge in [-0.3, -0.25) is 10.1 Å². The first kappa shape index (κ1) is 21.9. The van der Waals surface area contributed by atoms with Crippen LogP contribution in [0.2, 0.25) is 0 Å². The first-order valence-corrected chi connectivity index (χ1v) is 12.0. The molecule has 0 saturated carbocycles. The quantitative estimate of drug-likeness (QED) is 0.216. The van der Waals surface area contributed by atoms with Gasteiger partial charge in [-0.05, 0) is 54.4 Å². The lowest BCUT2D eigenvalue weighted by Crippen LogP contribution is -2.29. The topological polar surface area (TPSA) is 69.3 Å². The van der Waals surface area contributed by atoms with Crippen LogP contribution in [0.5, 0.6) is 5.75 Å². The zero-order chi connectivity index (χ0) is 24.6. The second-order valence-corrected chi connectivity index (χ2v) is 9.07. The third kappa shape index (κ3) is 3.77. The monoisotopic (exact) mass is 475 g/mol. The van der Waals surface area contributed by atoms with Gasteiger partial charge in [0, 0.05) is 51.2 Å². The molecule has 6 nitrogen and oxygen atoms in total. The fraction of sp³-hybridized carbons (Fsp3) is 0.133. The average molecular weight is 476 g/mol. The van der Waals surface area contributed by atoms with Gasteiger partial charge in [0.05, 0.1) is 18.1 Å². The summed E-state index contributed by atoms with van der Waals surface area (Å²) in [6, 6.07) is 30.1. The molecule has 1 N–H and O–H groups in total. The van der Waals surface area contributed by atoms with E-state index in [1.807, 2.05) is 12.1 Å². The van der Waals surface area contributed by atoms with Crippen molar-refractivity contribution in [3.63, 3.8) is 0 Å². The Hall–Kier alpha value is -4.58. The van der Waals surface area contributed by atoms with Crippen LogP contribution in [0.1, 0.15) is 23.6 Å². The molecular weight excluding hydrogens is 450 g/mol. The van der Waals surface area contributed by atoms with Gasteiger partial charge in [0.25, 0.3) is 5.69 Å². The number of non-ortho nitro benzene ring substituents is 1. The molecule has 5 aromatic rings. The van der Waals surface area contributed by atoms with E-state index in [0.717, 1.165) is 23.4 Å². The third-order valence-electron chi connectivity index (χ3n) is 6.99. The van der Waals surface area contributed by atoms with Crippen molar-refractivity contribution < 1.29 is 9.66 Å². The average Bonchev–Trinajstić information content (AvgIpc) is 3.25. The zero-order valence-corrected chi connectivity index (χ0v) is 19.8. The van der Waals surface area contributed by atoms with Crippen LogP contribution < -0.4 is 10.1 Å². The van der Waals surface area contributed by atoms with Crippen LogP contribution in [0.4, 0.5) is 11.4 Å². The van der Waals surface area contributed by atoms with E-state index in [1.165, 1.54) is 39.5 Å². The Morgan fingerprint density at radius 2 is 1.61 bits per heavy atom. The minimum Gasteiger partial charge on any atom is -0.497 e. The Bertz CT molecular complexity index is 1570. The SMILES string of the molecule is COc1ccc2c(c1)[C@@H](n1c3ccccc3c3ccccc31)C[C@@H](/C=C/c1ccc([N+](=O)[O-])cc1)N2. The first-order chi connectivity index (χ1) is 17.6. The molecule has 0 unspecified atom stereocenters. The lowest BCUT2D eigenvalue weighted by Gasteiger charge is -2.34. The summed E-state index contributed by atoms with van der Waals surface area (Å²) in [6.07, 6.45) is 5.01. The summed E-state index contributed by atoms with van der Waals surface area (Å²) in [6.45, 7) is 0. The van der Waals surface area contributed by atoms with Crippen LogP contribution in [-0.2, 0) is 0 Å². The summed E-state index contributed by atoms with van der Waals surface area (Å²) < 4.78 is 8.04. The van der Waals surface area contributed by atoms with E-state index >= 15 is 0 Å². The molecule has 0 saturated heterocycles. The summed E-state index contributed by atoms with van der Waals surface area (Å²) in [5, 5.41) is 17.1. The predicted octanol–water partition coefficient (Wildman–Crippen LogP) is 7.20. The van der Waals surface area contributed by atoms with Gasteiger partial charge in [-0.15, -0.1) is 0 Å². The molecule has 1 aliphatic rings. The molecule has 1 aromatic heterocycles. The maximum Gasteiger partial charge on any atom is 0.269 e. The van der Waals surface area contributed by atoms with Crippen LogP contribution in [0.15, 0.2) is 97.1 Å². The maximum atomic E-state index is 11.0. The number of aromatic nitrogens is 1. The Kier molecular flexibility index (Phi) is 5.41. The predicted molar refractivity (Wildman–Crippen MR) is 145 cm³/mol. The molecule has 0 spiro atoms. The smallest absolute Gasteiger partial charge is 0.269 e. The molecule has 4 aromatic carbocycles. The number of methoxy groups -OCH3 is 1. The maximum absolute atomic E-state index is 11.0. The van der Waals surface area contributed by atoms with Crippen molar-refractivity contribution in [2.75, 3.05) is 12.4 Å². The van der Waals surface area contributed by atoms with Crippen molar-refractivity contribution in [2.45, 2.75) is 18.5 Å². The van der Waals surface area contributed by atoms with Gasteiger partial charge in [0.2, 0.25) is 0 Å². The number of hydrogen-bond donors (Lipinski definition) is 1. The van der Waals surface area contributed by atoms with Gasteiger partial charge in [0.15, 0.2) is 0 Å². The number of ether oxygens (including phenoxy) is 1. The number of anilines is 1. The molecule has 0 amide bonds. The van der Waals surface area contributed by atoms with Crippen LogP contribution in [0.3, 0.4) is 0 Å². The molecule has 36 heavy (non-hydrogen) atoms.